The zero-order chi connectivity index (χ0) is 55.6. The first-order valence-corrected chi connectivity index (χ1v) is 27.9. The lowest BCUT2D eigenvalue weighted by atomic mass is 9.90. The van der Waals surface area contributed by atoms with Crippen LogP contribution in [0.1, 0.15) is 84.7 Å². The number of carbonyl (C=O) groups excluding carboxylic acids is 5. The highest BCUT2D eigenvalue weighted by Gasteiger charge is 2.44. The SMILES string of the molecule is CCS(=O)(=O)Nc1ccc(-c2[nH]nc(Nc3ccc(C(=O)OCCOCC(=O)N[Si][C@H](C(=O)N4C[C@H](O)C[C@H]4C(=O)NCc4ccc(-c5scnc5C)cc4)C(C)(C)C)cn3)c2C(N)=O)cc1O[C@@H](C)c1ccc(F)cc1. The van der Waals surface area contributed by atoms with Crippen molar-refractivity contribution in [1.29, 1.82) is 0 Å². The fourth-order valence-electron chi connectivity index (χ4n) is 8.09. The number of amides is 4. The van der Waals surface area contributed by atoms with Crippen molar-refractivity contribution in [3.63, 3.8) is 0 Å². The van der Waals surface area contributed by atoms with E-state index in [1.165, 1.54) is 60.5 Å². The molecule has 77 heavy (non-hydrogen) atoms. The molecule has 1 aliphatic heterocycles. The number of nitrogens with one attached hydrogen (secondary N) is 5. The summed E-state index contributed by atoms with van der Waals surface area (Å²) in [7, 11) is -4.11. The number of benzene rings is 3. The van der Waals surface area contributed by atoms with Crippen LogP contribution in [-0.2, 0) is 40.4 Å². The number of thiazole rings is 1. The van der Waals surface area contributed by atoms with Crippen molar-refractivity contribution in [2.75, 3.05) is 42.2 Å². The van der Waals surface area contributed by atoms with Gasteiger partial charge in [0.05, 0.1) is 57.0 Å². The number of anilines is 3. The molecule has 406 valence electrons. The number of esters is 1. The number of nitrogens with two attached hydrogens (primary N) is 1. The Kier molecular flexibility index (Phi) is 18.6. The number of ether oxygens (including phenoxy) is 3. The highest BCUT2D eigenvalue weighted by Crippen LogP contribution is 2.38. The monoisotopic (exact) mass is 1110 g/mol. The van der Waals surface area contributed by atoms with Gasteiger partial charge in [-0.3, -0.25) is 29.0 Å². The van der Waals surface area contributed by atoms with Crippen molar-refractivity contribution in [3.8, 4) is 27.4 Å². The Morgan fingerprint density at radius 2 is 1.73 bits per heavy atom. The number of likely N-dealkylation sites (tertiary alicyclic amines) is 1. The van der Waals surface area contributed by atoms with Gasteiger partial charge in [0.15, 0.2) is 15.5 Å². The van der Waals surface area contributed by atoms with Gasteiger partial charge in [-0.1, -0.05) is 63.2 Å². The van der Waals surface area contributed by atoms with E-state index in [-0.39, 0.29) is 99.9 Å². The van der Waals surface area contributed by atoms with Gasteiger partial charge in [0.2, 0.25) is 27.7 Å². The number of rotatable bonds is 23. The summed E-state index contributed by atoms with van der Waals surface area (Å²) in [4.78, 5) is 79.9. The van der Waals surface area contributed by atoms with E-state index in [0.717, 1.165) is 21.7 Å². The van der Waals surface area contributed by atoms with Crippen molar-refractivity contribution < 1.29 is 56.1 Å². The first-order chi connectivity index (χ1) is 36.6. The summed E-state index contributed by atoms with van der Waals surface area (Å²) in [6.07, 6.45) is -0.237. The predicted octanol–water partition coefficient (Wildman–Crippen LogP) is 5.81. The van der Waals surface area contributed by atoms with Crippen molar-refractivity contribution in [1.82, 2.24) is 35.4 Å². The topological polar surface area (TPSA) is 299 Å². The number of primary amides is 1. The molecule has 6 aromatic rings. The molecule has 7 rings (SSSR count). The molecule has 4 heterocycles. The zero-order valence-corrected chi connectivity index (χ0v) is 45.6. The smallest absolute Gasteiger partial charge is 0.339 e. The van der Waals surface area contributed by atoms with Gasteiger partial charge >= 0.3 is 5.97 Å². The molecule has 8 N–H and O–H groups in total. The van der Waals surface area contributed by atoms with Gasteiger partial charge in [-0.05, 0) is 79.3 Å². The molecule has 4 atom stereocenters. The lowest BCUT2D eigenvalue weighted by Gasteiger charge is -2.34. The van der Waals surface area contributed by atoms with Crippen LogP contribution in [0.15, 0.2) is 90.6 Å². The Bertz CT molecular complexity index is 3190. The van der Waals surface area contributed by atoms with E-state index in [2.05, 4.69) is 40.5 Å². The molecule has 0 aliphatic carbocycles. The minimum absolute atomic E-state index is 0.00696. The van der Waals surface area contributed by atoms with E-state index in [0.29, 0.717) is 11.1 Å². The molecule has 4 amide bonds. The number of aromatic nitrogens is 4. The standard InChI is InChI=1S/C52H59FN10O11S2Si/c1-7-76(70,71)61-38-18-14-34(22-40(38)74-30(3)32-12-16-36(53)17-13-32)44-43(47(54)66)48(60-59-44)58-41-19-15-35(25-55-41)51(69)73-21-20-72-27-42(65)62-77-46(52(4,5)6)50(68)63-26-37(64)23-39(63)49(67)56-24-31-8-10-33(11-9-31)45-29(2)57-28-75-45/h8-19,22,25,28,30,37,39,46,61,64H,7,20-21,23-24,26-27H2,1-6H3,(H2,54,66)(H,56,67)(H,62,65)(H2,55,58,59,60)/t30-,37+,39-,46+/m0/s1. The minimum Gasteiger partial charge on any atom is -0.484 e. The van der Waals surface area contributed by atoms with Gasteiger partial charge in [0.1, 0.15) is 48.3 Å². The van der Waals surface area contributed by atoms with Crippen LogP contribution in [0.4, 0.5) is 21.7 Å². The van der Waals surface area contributed by atoms with Crippen LogP contribution in [0.3, 0.4) is 0 Å². The first-order valence-electron chi connectivity index (χ1n) is 24.3. The lowest BCUT2D eigenvalue weighted by molar-refractivity contribution is -0.140. The molecule has 1 aliphatic rings. The number of halogens is 1. The summed E-state index contributed by atoms with van der Waals surface area (Å²) < 4.78 is 58.2. The number of sulfonamides is 1. The number of aliphatic hydroxyl groups is 1. The average molecular weight is 1110 g/mol. The summed E-state index contributed by atoms with van der Waals surface area (Å²) in [6, 6.07) is 19.9. The fourth-order valence-corrected chi connectivity index (χ4v) is 10.7. The molecule has 21 nitrogen and oxygen atoms in total. The number of aliphatic hydroxyl groups excluding tert-OH is 1. The molecule has 1 fully saturated rings. The Hall–Kier alpha value is -7.58. The van der Waals surface area contributed by atoms with Crippen LogP contribution in [0, 0.1) is 18.2 Å². The maximum atomic E-state index is 14.1. The Morgan fingerprint density at radius 1 is 1.00 bits per heavy atom. The van der Waals surface area contributed by atoms with Gasteiger partial charge < -0.3 is 45.6 Å². The highest BCUT2D eigenvalue weighted by molar-refractivity contribution is 7.92. The van der Waals surface area contributed by atoms with E-state index in [1.807, 2.05) is 52.0 Å². The molecule has 1 saturated heterocycles. The van der Waals surface area contributed by atoms with Crippen LogP contribution >= 0.6 is 11.3 Å². The number of hydrogen-bond acceptors (Lipinski definition) is 16. The molecule has 0 saturated carbocycles. The third-order valence-corrected chi connectivity index (χ3v) is 16.4. The highest BCUT2D eigenvalue weighted by atomic mass is 32.2. The predicted molar refractivity (Wildman–Crippen MR) is 287 cm³/mol. The molecule has 3 aromatic carbocycles. The first kappa shape index (κ1) is 57.1. The van der Waals surface area contributed by atoms with E-state index >= 15 is 0 Å². The second-order valence-corrected chi connectivity index (χ2v) is 23.0. The van der Waals surface area contributed by atoms with E-state index in [4.69, 9.17) is 19.9 Å². The molecule has 0 spiro atoms. The second kappa shape index (κ2) is 25.0. The Morgan fingerprint density at radius 3 is 2.38 bits per heavy atom. The van der Waals surface area contributed by atoms with Crippen molar-refractivity contribution in [2.24, 2.45) is 11.1 Å². The van der Waals surface area contributed by atoms with E-state index < -0.39 is 69.4 Å². The number of pyridine rings is 1. The zero-order valence-electron chi connectivity index (χ0n) is 43.0. The van der Waals surface area contributed by atoms with Gasteiger partial charge in [-0.25, -0.2) is 27.6 Å². The minimum atomic E-state index is -3.74. The Balaban J connectivity index is 0.878. The quantitative estimate of drug-likeness (QED) is 0.0226. The maximum Gasteiger partial charge on any atom is 0.339 e. The van der Waals surface area contributed by atoms with Crippen molar-refractivity contribution in [2.45, 2.75) is 78.3 Å². The van der Waals surface area contributed by atoms with Crippen LogP contribution in [0.2, 0.25) is 5.54 Å². The molecule has 3 aromatic heterocycles. The van der Waals surface area contributed by atoms with E-state index in [1.54, 1.807) is 35.9 Å². The molecular formula is C52H59FN10O11S2Si. The average Bonchev–Trinajstić information content (AvgIpc) is 4.15. The summed E-state index contributed by atoms with van der Waals surface area (Å²) in [5.41, 5.74) is 10.4. The number of hydrogen-bond donors (Lipinski definition) is 7. The largest absolute Gasteiger partial charge is 0.484 e. The molecule has 0 unspecified atom stereocenters. The third kappa shape index (κ3) is 14.9. The summed E-state index contributed by atoms with van der Waals surface area (Å²) in [6.45, 7) is 10.2. The second-order valence-electron chi connectivity index (χ2n) is 19.0. The number of aryl methyl sites for hydroxylation is 1. The number of β-amino-alcohol motifs (C(OH)–C–C–N with tert-alkyl or cyclic N) is 1. The molecular weight excluding hydrogens is 1050 g/mol. The Labute approximate surface area is 450 Å². The van der Waals surface area contributed by atoms with Gasteiger partial charge in [0.25, 0.3) is 5.91 Å². The number of nitrogens with zero attached hydrogens (tertiary/aromatic N) is 4. The number of H-pyrrole nitrogens is 1. The molecule has 25 heteroatoms. The molecule has 0 bridgehead atoms. The fraction of sp³-hybridized carbons (Fsp3) is 0.346. The van der Waals surface area contributed by atoms with Crippen LogP contribution < -0.4 is 30.8 Å². The summed E-state index contributed by atoms with van der Waals surface area (Å²) in [5.74, 6) is -3.25. The summed E-state index contributed by atoms with van der Waals surface area (Å²) >= 11 is 1.55. The lowest BCUT2D eigenvalue weighted by Crippen LogP contribution is -2.51. The van der Waals surface area contributed by atoms with Crippen molar-refractivity contribution >= 4 is 78.0 Å². The molecule has 2 radical (unpaired) electrons. The van der Waals surface area contributed by atoms with E-state index in [9.17, 15) is 41.9 Å². The van der Waals surface area contributed by atoms with Crippen molar-refractivity contribution in [3.05, 3.63) is 124 Å². The van der Waals surface area contributed by atoms with Crippen LogP contribution in [0.5, 0.6) is 5.75 Å². The van der Waals surface area contributed by atoms with Crippen LogP contribution in [0.25, 0.3) is 21.7 Å². The van der Waals surface area contributed by atoms with Gasteiger partial charge in [-0.15, -0.1) is 11.3 Å². The van der Waals surface area contributed by atoms with Gasteiger partial charge in [-0.2, -0.15) is 5.10 Å². The third-order valence-electron chi connectivity index (χ3n) is 12.3. The van der Waals surface area contributed by atoms with Crippen LogP contribution in [-0.4, -0.2) is 122 Å². The maximum absolute atomic E-state index is 14.1. The summed E-state index contributed by atoms with van der Waals surface area (Å²) in [5, 5.41) is 23.4. The number of aromatic amines is 1. The normalized spacial score (nSPS) is 15.3. The van der Waals surface area contributed by atoms with Gasteiger partial charge in [0, 0.05) is 31.3 Å². The number of carbonyl (C=O) groups is 5.